The number of imidazole rings is 1. The lowest BCUT2D eigenvalue weighted by Gasteiger charge is -2.31. The van der Waals surface area contributed by atoms with Gasteiger partial charge in [-0.05, 0) is 53.5 Å². The van der Waals surface area contributed by atoms with Crippen LogP contribution < -0.4 is 21.3 Å². The Kier molecular flexibility index (Phi) is 8.61. The van der Waals surface area contributed by atoms with Crippen molar-refractivity contribution in [3.63, 3.8) is 0 Å². The van der Waals surface area contributed by atoms with Crippen molar-refractivity contribution in [3.8, 4) is 22.4 Å². The molecule has 0 radical (unpaired) electrons. The van der Waals surface area contributed by atoms with E-state index in [0.29, 0.717) is 25.3 Å². The number of hydrogen-bond donors (Lipinski definition) is 5. The number of H-pyrrole nitrogens is 1. The van der Waals surface area contributed by atoms with Crippen molar-refractivity contribution in [1.29, 1.82) is 0 Å². The minimum Gasteiger partial charge on any atom is -0.340 e. The highest BCUT2D eigenvalue weighted by molar-refractivity contribution is 6.06. The largest absolute Gasteiger partial charge is 0.340 e. The number of rotatable bonds is 7. The molecule has 1 aromatic heterocycles. The van der Waals surface area contributed by atoms with Gasteiger partial charge in [0.25, 0.3) is 0 Å². The molecule has 266 valence electrons. The maximum Gasteiger partial charge on any atom is 0.322 e. The van der Waals surface area contributed by atoms with Gasteiger partial charge in [0.2, 0.25) is 23.6 Å². The van der Waals surface area contributed by atoms with Gasteiger partial charge in [-0.3, -0.25) is 34.8 Å². The molecule has 6 heterocycles. The van der Waals surface area contributed by atoms with E-state index < -0.39 is 36.0 Å². The van der Waals surface area contributed by atoms with Gasteiger partial charge >= 0.3 is 12.1 Å². The van der Waals surface area contributed by atoms with Crippen molar-refractivity contribution in [3.05, 3.63) is 72.3 Å². The predicted molar refractivity (Wildman–Crippen MR) is 188 cm³/mol. The zero-order chi connectivity index (χ0) is 35.9. The number of aliphatic imine (C=N–C) groups is 1. The number of likely N-dealkylation sites (tertiary alicyclic amines) is 2. The third kappa shape index (κ3) is 6.45. The number of hydrogen-bond acceptors (Lipinski definition) is 8. The zero-order valence-corrected chi connectivity index (χ0v) is 28.2. The molecule has 8 amide bonds. The first kappa shape index (κ1) is 33.0. The molecule has 2 aromatic carbocycles. The van der Waals surface area contributed by atoms with Crippen molar-refractivity contribution in [2.45, 2.75) is 69.1 Å². The molecule has 0 unspecified atom stereocenters. The number of nitrogens with zero attached hydrogens (tertiary/aromatic N) is 4. The van der Waals surface area contributed by atoms with E-state index in [0.717, 1.165) is 64.9 Å². The number of nitrogens with one attached hydrogen (secondary N) is 5. The van der Waals surface area contributed by atoms with Gasteiger partial charge in [-0.25, -0.2) is 14.6 Å². The number of carbonyl (C=O) groups is 6. The Morgan fingerprint density at radius 3 is 1.77 bits per heavy atom. The topological polar surface area (TPSA) is 198 Å². The fourth-order valence-electron chi connectivity index (χ4n) is 7.81. The second kappa shape index (κ2) is 13.5. The standard InChI is InChI=1S/C37H37N9O6/c47-31-16-26(41-36(51)43-31)34(49)45-13-1-3-29(45)25-15-24(18-38-25)22-7-5-20(6-8-22)21-9-11-23(12-10-21)28-19-39-33(40-28)30-4-2-14-46(30)35(50)27-17-32(48)44-37(52)42-27/h5-12,18-19,26-27,29-30H,1-4,13-17H2,(H,39,40)(H2,41,43,47,51)(H2,42,44,48,52)/t26-,27-,29-,30-/m0/s1. The van der Waals surface area contributed by atoms with Crippen LogP contribution in [0.3, 0.4) is 0 Å². The van der Waals surface area contributed by atoms with Gasteiger partial charge in [0.15, 0.2) is 0 Å². The van der Waals surface area contributed by atoms with Gasteiger partial charge in [-0.2, -0.15) is 0 Å². The molecule has 0 saturated carbocycles. The molecule has 4 saturated heterocycles. The van der Waals surface area contributed by atoms with Crippen molar-refractivity contribution in [1.82, 2.24) is 41.0 Å². The smallest absolute Gasteiger partial charge is 0.322 e. The van der Waals surface area contributed by atoms with Crippen LogP contribution in [0.1, 0.15) is 62.4 Å². The van der Waals surface area contributed by atoms with E-state index >= 15 is 0 Å². The highest BCUT2D eigenvalue weighted by atomic mass is 16.2. The molecule has 15 nitrogen and oxygen atoms in total. The molecular formula is C37H37N9O6. The first-order chi connectivity index (χ1) is 25.2. The molecule has 5 aliphatic rings. The summed E-state index contributed by atoms with van der Waals surface area (Å²) in [6.07, 6.45) is 7.22. The number of aromatic nitrogens is 2. The first-order valence-corrected chi connectivity index (χ1v) is 17.5. The lowest BCUT2D eigenvalue weighted by atomic mass is 9.96. The normalized spacial score (nSPS) is 24.5. The maximum atomic E-state index is 13.3. The van der Waals surface area contributed by atoms with Crippen molar-refractivity contribution in [2.75, 3.05) is 13.1 Å². The van der Waals surface area contributed by atoms with Crippen LogP contribution >= 0.6 is 0 Å². The van der Waals surface area contributed by atoms with Gasteiger partial charge < -0.3 is 25.4 Å². The molecule has 5 aliphatic heterocycles. The number of urea groups is 2. The minimum absolute atomic E-state index is 0.0699. The third-order valence-electron chi connectivity index (χ3n) is 10.4. The number of benzene rings is 2. The second-order valence-electron chi connectivity index (χ2n) is 13.7. The molecule has 8 rings (SSSR count). The Bertz CT molecular complexity index is 2000. The summed E-state index contributed by atoms with van der Waals surface area (Å²) >= 11 is 0. The SMILES string of the molecule is O=C1C[C@@H](C(=O)N2CCC[C@H]2C2=NC=C(c3ccc(-c4ccc(-c5cnc([C@@H]6CCCN6C(=O)[C@@H]6CC(=O)NC(=O)N6)[nH]5)cc4)cc3)C2)NC(=O)N1. The van der Waals surface area contributed by atoms with Crippen LogP contribution in [0.25, 0.3) is 28.0 Å². The fraction of sp³-hybridized carbons (Fsp3) is 0.351. The lowest BCUT2D eigenvalue weighted by molar-refractivity contribution is -0.137. The van der Waals surface area contributed by atoms with Gasteiger partial charge in [0.05, 0.1) is 36.8 Å². The maximum absolute atomic E-state index is 13.3. The number of carbonyl (C=O) groups excluding carboxylic acids is 6. The summed E-state index contributed by atoms with van der Waals surface area (Å²) in [7, 11) is 0. The van der Waals surface area contributed by atoms with Crippen molar-refractivity contribution < 1.29 is 28.8 Å². The Hall–Kier alpha value is -6.12. The monoisotopic (exact) mass is 703 g/mol. The van der Waals surface area contributed by atoms with Crippen LogP contribution in [0.5, 0.6) is 0 Å². The molecule has 0 spiro atoms. The lowest BCUT2D eigenvalue weighted by Crippen LogP contribution is -2.59. The van der Waals surface area contributed by atoms with Gasteiger partial charge in [0.1, 0.15) is 17.9 Å². The molecule has 0 bridgehead atoms. The van der Waals surface area contributed by atoms with Crippen LogP contribution in [0.4, 0.5) is 9.59 Å². The Morgan fingerprint density at radius 2 is 1.19 bits per heavy atom. The van der Waals surface area contributed by atoms with Crippen LogP contribution in [-0.4, -0.2) is 92.4 Å². The molecule has 52 heavy (non-hydrogen) atoms. The number of amides is 8. The summed E-state index contributed by atoms with van der Waals surface area (Å²) in [4.78, 5) is 89.9. The van der Waals surface area contributed by atoms with E-state index in [-0.39, 0.29) is 36.7 Å². The average Bonchev–Trinajstić information content (AvgIpc) is 3.97. The van der Waals surface area contributed by atoms with Crippen molar-refractivity contribution in [2.24, 2.45) is 4.99 Å². The minimum atomic E-state index is -0.884. The molecule has 0 aliphatic carbocycles. The predicted octanol–water partition coefficient (Wildman–Crippen LogP) is 2.78. The Balaban J connectivity index is 0.885. The van der Waals surface area contributed by atoms with Gasteiger partial charge in [0, 0.05) is 31.4 Å². The fourth-order valence-corrected chi connectivity index (χ4v) is 7.81. The molecule has 15 heteroatoms. The summed E-state index contributed by atoms with van der Waals surface area (Å²) in [6, 6.07) is 12.9. The van der Waals surface area contributed by atoms with Crippen molar-refractivity contribution >= 4 is 47.0 Å². The van der Waals surface area contributed by atoms with Crippen LogP contribution in [0, 0.1) is 0 Å². The van der Waals surface area contributed by atoms with Crippen LogP contribution in [-0.2, 0) is 19.2 Å². The highest BCUT2D eigenvalue weighted by Crippen LogP contribution is 2.34. The highest BCUT2D eigenvalue weighted by Gasteiger charge is 2.40. The molecule has 4 atom stereocenters. The molecule has 4 fully saturated rings. The summed E-state index contributed by atoms with van der Waals surface area (Å²) in [5.74, 6) is -0.792. The van der Waals surface area contributed by atoms with Crippen LogP contribution in [0.15, 0.2) is 65.9 Å². The number of aromatic amines is 1. The summed E-state index contributed by atoms with van der Waals surface area (Å²) in [5, 5.41) is 9.47. The van der Waals surface area contributed by atoms with Gasteiger partial charge in [-0.1, -0.05) is 48.5 Å². The van der Waals surface area contributed by atoms with E-state index in [1.165, 1.54) is 0 Å². The quantitative estimate of drug-likeness (QED) is 0.249. The van der Waals surface area contributed by atoms with E-state index in [2.05, 4.69) is 55.5 Å². The molecular weight excluding hydrogens is 666 g/mol. The van der Waals surface area contributed by atoms with E-state index in [9.17, 15) is 28.8 Å². The Labute approximate surface area is 298 Å². The average molecular weight is 704 g/mol. The Morgan fingerprint density at radius 1 is 0.673 bits per heavy atom. The number of allylic oxidation sites excluding steroid dienone is 1. The van der Waals surface area contributed by atoms with Gasteiger partial charge in [-0.15, -0.1) is 0 Å². The summed E-state index contributed by atoms with van der Waals surface area (Å²) in [6.45, 7) is 1.09. The van der Waals surface area contributed by atoms with E-state index in [4.69, 9.17) is 4.99 Å². The zero-order valence-electron chi connectivity index (χ0n) is 28.2. The van der Waals surface area contributed by atoms with Crippen LogP contribution in [0.2, 0.25) is 0 Å². The van der Waals surface area contributed by atoms with E-state index in [1.807, 2.05) is 30.5 Å². The first-order valence-electron chi connectivity index (χ1n) is 17.5. The molecule has 5 N–H and O–H groups in total. The summed E-state index contributed by atoms with van der Waals surface area (Å²) in [5.41, 5.74) is 6.88. The van der Waals surface area contributed by atoms with E-state index in [1.54, 1.807) is 16.0 Å². The molecule has 3 aromatic rings. The second-order valence-corrected chi connectivity index (χ2v) is 13.7. The third-order valence-corrected chi connectivity index (χ3v) is 10.4. The number of imide groups is 2. The summed E-state index contributed by atoms with van der Waals surface area (Å²) < 4.78 is 0.